The van der Waals surface area contributed by atoms with E-state index < -0.39 is 0 Å². The summed E-state index contributed by atoms with van der Waals surface area (Å²) in [4.78, 5) is 2.23. The molecule has 1 aliphatic rings. The first-order chi connectivity index (χ1) is 5.59. The summed E-state index contributed by atoms with van der Waals surface area (Å²) < 4.78 is 0. The minimum Gasteiger partial charge on any atom is -0.326 e. The van der Waals surface area contributed by atoms with Crippen LogP contribution in [0.3, 0.4) is 0 Å². The predicted molar refractivity (Wildman–Crippen MR) is 51.8 cm³/mol. The first-order valence-corrected chi connectivity index (χ1v) is 4.75. The second kappa shape index (κ2) is 4.21. The molecule has 1 aliphatic carbocycles. The van der Waals surface area contributed by atoms with Crippen molar-refractivity contribution in [2.75, 3.05) is 20.6 Å². The summed E-state index contributed by atoms with van der Waals surface area (Å²) in [5.74, 6) is 0.759. The van der Waals surface area contributed by atoms with Crippen LogP contribution >= 0.6 is 0 Å². The van der Waals surface area contributed by atoms with E-state index >= 15 is 0 Å². The highest BCUT2D eigenvalue weighted by molar-refractivity contribution is 4.85. The Morgan fingerprint density at radius 1 is 1.17 bits per heavy atom. The molecule has 1 fully saturated rings. The van der Waals surface area contributed by atoms with Crippen molar-refractivity contribution >= 4 is 0 Å². The fourth-order valence-corrected chi connectivity index (χ4v) is 2.00. The van der Waals surface area contributed by atoms with Crippen LogP contribution in [0.1, 0.15) is 19.3 Å². The standard InChI is InChI=1S/C9H21N3/c1-12(2)6-7-3-4-8(10)9(11)5-7/h7-9H,3-6,10-11H2,1-2H3/t7?,8-,9+/m0/s1. The van der Waals surface area contributed by atoms with E-state index in [0.29, 0.717) is 0 Å². The van der Waals surface area contributed by atoms with Gasteiger partial charge in [0, 0.05) is 18.6 Å². The Kier molecular flexibility index (Phi) is 3.50. The molecule has 0 amide bonds. The Morgan fingerprint density at radius 2 is 1.83 bits per heavy atom. The molecule has 3 atom stereocenters. The van der Waals surface area contributed by atoms with E-state index in [1.807, 2.05) is 0 Å². The Labute approximate surface area is 75.1 Å². The Balaban J connectivity index is 2.30. The SMILES string of the molecule is CN(C)CC1CC[C@H](N)[C@H](N)C1. The zero-order chi connectivity index (χ0) is 9.14. The first-order valence-electron chi connectivity index (χ1n) is 4.75. The lowest BCUT2D eigenvalue weighted by atomic mass is 9.83. The molecule has 3 heteroatoms. The molecule has 0 aromatic heterocycles. The quantitative estimate of drug-likeness (QED) is 0.615. The van der Waals surface area contributed by atoms with Gasteiger partial charge in [-0.15, -0.1) is 0 Å². The summed E-state index contributed by atoms with van der Waals surface area (Å²) >= 11 is 0. The minimum absolute atomic E-state index is 0.226. The van der Waals surface area contributed by atoms with E-state index in [-0.39, 0.29) is 12.1 Å². The topological polar surface area (TPSA) is 55.3 Å². The number of hydrogen-bond acceptors (Lipinski definition) is 3. The van der Waals surface area contributed by atoms with Crippen molar-refractivity contribution in [3.63, 3.8) is 0 Å². The highest BCUT2D eigenvalue weighted by Crippen LogP contribution is 2.22. The average Bonchev–Trinajstić information content (AvgIpc) is 1.96. The lowest BCUT2D eigenvalue weighted by molar-refractivity contribution is 0.230. The lowest BCUT2D eigenvalue weighted by Crippen LogP contribution is -2.47. The minimum atomic E-state index is 0.226. The van der Waals surface area contributed by atoms with Gasteiger partial charge < -0.3 is 16.4 Å². The van der Waals surface area contributed by atoms with Crippen LogP contribution < -0.4 is 11.5 Å². The van der Waals surface area contributed by atoms with Crippen LogP contribution in [0.25, 0.3) is 0 Å². The fraction of sp³-hybridized carbons (Fsp3) is 1.00. The fourth-order valence-electron chi connectivity index (χ4n) is 2.00. The van der Waals surface area contributed by atoms with Crippen molar-refractivity contribution in [1.29, 1.82) is 0 Å². The van der Waals surface area contributed by atoms with Crippen molar-refractivity contribution in [2.45, 2.75) is 31.3 Å². The van der Waals surface area contributed by atoms with Crippen molar-refractivity contribution in [2.24, 2.45) is 17.4 Å². The molecule has 0 radical (unpaired) electrons. The van der Waals surface area contributed by atoms with E-state index in [1.54, 1.807) is 0 Å². The molecule has 0 heterocycles. The van der Waals surface area contributed by atoms with E-state index in [0.717, 1.165) is 25.3 Å². The van der Waals surface area contributed by atoms with E-state index in [4.69, 9.17) is 11.5 Å². The molecule has 0 aliphatic heterocycles. The van der Waals surface area contributed by atoms with Crippen LogP contribution in [0, 0.1) is 5.92 Å². The molecule has 1 unspecified atom stereocenters. The molecule has 0 aromatic carbocycles. The van der Waals surface area contributed by atoms with Gasteiger partial charge in [-0.3, -0.25) is 0 Å². The number of nitrogens with two attached hydrogens (primary N) is 2. The summed E-state index contributed by atoms with van der Waals surface area (Å²) in [6.07, 6.45) is 3.44. The van der Waals surface area contributed by atoms with Gasteiger partial charge in [0.15, 0.2) is 0 Å². The highest BCUT2D eigenvalue weighted by atomic mass is 15.1. The van der Waals surface area contributed by atoms with Gasteiger partial charge in [0.05, 0.1) is 0 Å². The van der Waals surface area contributed by atoms with Crippen molar-refractivity contribution in [3.8, 4) is 0 Å². The summed E-state index contributed by atoms with van der Waals surface area (Å²) in [7, 11) is 4.22. The summed E-state index contributed by atoms with van der Waals surface area (Å²) in [6.45, 7) is 1.15. The number of rotatable bonds is 2. The third-order valence-electron chi connectivity index (χ3n) is 2.69. The third kappa shape index (κ3) is 2.73. The molecule has 1 rings (SSSR count). The van der Waals surface area contributed by atoms with E-state index in [1.165, 1.54) is 6.42 Å². The van der Waals surface area contributed by atoms with Gasteiger partial charge in [0.25, 0.3) is 0 Å². The second-order valence-corrected chi connectivity index (χ2v) is 4.27. The molecule has 3 nitrogen and oxygen atoms in total. The molecule has 72 valence electrons. The van der Waals surface area contributed by atoms with Crippen molar-refractivity contribution in [3.05, 3.63) is 0 Å². The maximum Gasteiger partial charge on any atom is 0.0195 e. The van der Waals surface area contributed by atoms with Crippen LogP contribution in [0.5, 0.6) is 0 Å². The van der Waals surface area contributed by atoms with Gasteiger partial charge in [-0.05, 0) is 39.3 Å². The van der Waals surface area contributed by atoms with Gasteiger partial charge in [0.1, 0.15) is 0 Å². The van der Waals surface area contributed by atoms with Crippen LogP contribution in [0.15, 0.2) is 0 Å². The Bertz CT molecular complexity index is 136. The average molecular weight is 171 g/mol. The molecular formula is C9H21N3. The lowest BCUT2D eigenvalue weighted by Gasteiger charge is -2.33. The van der Waals surface area contributed by atoms with E-state index in [9.17, 15) is 0 Å². The van der Waals surface area contributed by atoms with Crippen LogP contribution in [0.2, 0.25) is 0 Å². The van der Waals surface area contributed by atoms with Gasteiger partial charge in [-0.1, -0.05) is 0 Å². The smallest absolute Gasteiger partial charge is 0.0195 e. The normalized spacial score (nSPS) is 37.2. The molecular weight excluding hydrogens is 150 g/mol. The van der Waals surface area contributed by atoms with Gasteiger partial charge in [-0.25, -0.2) is 0 Å². The van der Waals surface area contributed by atoms with Gasteiger partial charge >= 0.3 is 0 Å². The third-order valence-corrected chi connectivity index (χ3v) is 2.69. The molecule has 4 N–H and O–H groups in total. The number of hydrogen-bond donors (Lipinski definition) is 2. The summed E-state index contributed by atoms with van der Waals surface area (Å²) in [5, 5.41) is 0. The monoisotopic (exact) mass is 171 g/mol. The highest BCUT2D eigenvalue weighted by Gasteiger charge is 2.25. The number of nitrogens with zero attached hydrogens (tertiary/aromatic N) is 1. The van der Waals surface area contributed by atoms with Gasteiger partial charge in [-0.2, -0.15) is 0 Å². The molecule has 1 saturated carbocycles. The van der Waals surface area contributed by atoms with Crippen molar-refractivity contribution < 1.29 is 0 Å². The van der Waals surface area contributed by atoms with Crippen LogP contribution in [0.4, 0.5) is 0 Å². The molecule has 0 bridgehead atoms. The second-order valence-electron chi connectivity index (χ2n) is 4.27. The maximum absolute atomic E-state index is 5.90. The predicted octanol–water partition coefficient (Wildman–Crippen LogP) is 0.00270. The maximum atomic E-state index is 5.90. The molecule has 0 aromatic rings. The Hall–Kier alpha value is -0.120. The molecule has 12 heavy (non-hydrogen) atoms. The Morgan fingerprint density at radius 3 is 2.33 bits per heavy atom. The van der Waals surface area contributed by atoms with E-state index in [2.05, 4.69) is 19.0 Å². The van der Waals surface area contributed by atoms with Gasteiger partial charge in [0.2, 0.25) is 0 Å². The molecule has 0 spiro atoms. The zero-order valence-corrected chi connectivity index (χ0v) is 8.16. The zero-order valence-electron chi connectivity index (χ0n) is 8.16. The first kappa shape index (κ1) is 9.96. The van der Waals surface area contributed by atoms with Crippen LogP contribution in [-0.2, 0) is 0 Å². The summed E-state index contributed by atoms with van der Waals surface area (Å²) in [6, 6.07) is 0.465. The summed E-state index contributed by atoms with van der Waals surface area (Å²) in [5.41, 5.74) is 11.7. The van der Waals surface area contributed by atoms with Crippen LogP contribution in [-0.4, -0.2) is 37.6 Å². The van der Waals surface area contributed by atoms with Crippen molar-refractivity contribution in [1.82, 2.24) is 4.90 Å². The largest absolute Gasteiger partial charge is 0.326 e. The molecule has 0 saturated heterocycles.